The van der Waals surface area contributed by atoms with Crippen molar-refractivity contribution in [1.29, 1.82) is 0 Å². The molecule has 3 aliphatic heterocycles. The van der Waals surface area contributed by atoms with Crippen LogP contribution in [0.5, 0.6) is 0 Å². The van der Waals surface area contributed by atoms with Crippen LogP contribution in [0.25, 0.3) is 0 Å². The van der Waals surface area contributed by atoms with Gasteiger partial charge in [0.1, 0.15) is 11.9 Å². The average Bonchev–Trinajstić information content (AvgIpc) is 2.98. The number of amides is 3. The molecule has 3 aliphatic rings. The van der Waals surface area contributed by atoms with Gasteiger partial charge in [-0.3, -0.25) is 9.69 Å². The first kappa shape index (κ1) is 19.1. The summed E-state index contributed by atoms with van der Waals surface area (Å²) in [6.45, 7) is 2.37. The van der Waals surface area contributed by atoms with Crippen molar-refractivity contribution in [1.82, 2.24) is 19.1 Å². The molecule has 3 saturated heterocycles. The highest BCUT2D eigenvalue weighted by atomic mass is 32.2. The SMILES string of the molecule is O=C1[C@@H]2CCCCN2C(=O)N1CCS(=O)(=O)N1CCN(c2ccccn2)CC1. The van der Waals surface area contributed by atoms with Gasteiger partial charge < -0.3 is 9.80 Å². The highest BCUT2D eigenvalue weighted by molar-refractivity contribution is 7.89. The van der Waals surface area contributed by atoms with Crippen molar-refractivity contribution < 1.29 is 18.0 Å². The number of carbonyl (C=O) groups is 2. The Bertz CT molecular complexity index is 815. The molecule has 1 aromatic rings. The van der Waals surface area contributed by atoms with Gasteiger partial charge in [0.2, 0.25) is 10.0 Å². The molecule has 0 bridgehead atoms. The summed E-state index contributed by atoms with van der Waals surface area (Å²) < 4.78 is 26.9. The van der Waals surface area contributed by atoms with Gasteiger partial charge in [-0.1, -0.05) is 6.07 Å². The minimum Gasteiger partial charge on any atom is -0.354 e. The lowest BCUT2D eigenvalue weighted by Gasteiger charge is -2.34. The molecule has 1 atom stereocenters. The summed E-state index contributed by atoms with van der Waals surface area (Å²) in [5.74, 6) is 0.360. The van der Waals surface area contributed by atoms with E-state index in [1.165, 1.54) is 4.31 Å². The lowest BCUT2D eigenvalue weighted by molar-refractivity contribution is -0.128. The number of pyridine rings is 1. The standard InChI is InChI=1S/C18H25N5O4S/c24-17-15-5-2-4-8-22(15)18(25)23(17)13-14-28(26,27)21-11-9-20(10-12-21)16-6-1-3-7-19-16/h1,3,6-7,15H,2,4-5,8-14H2/t15-/m0/s1. The molecule has 28 heavy (non-hydrogen) atoms. The number of piperazine rings is 1. The number of rotatable bonds is 5. The second-order valence-electron chi connectivity index (χ2n) is 7.37. The number of urea groups is 1. The number of imide groups is 1. The molecule has 4 rings (SSSR count). The molecule has 3 fully saturated rings. The number of hydrogen-bond acceptors (Lipinski definition) is 6. The Morgan fingerprint density at radius 3 is 2.50 bits per heavy atom. The Balaban J connectivity index is 1.34. The highest BCUT2D eigenvalue weighted by Gasteiger charge is 2.46. The Labute approximate surface area is 165 Å². The smallest absolute Gasteiger partial charge is 0.327 e. The van der Waals surface area contributed by atoms with Crippen LogP contribution < -0.4 is 4.90 Å². The number of fused-ring (bicyclic) bond motifs is 1. The molecule has 0 aromatic carbocycles. The maximum Gasteiger partial charge on any atom is 0.327 e. The summed E-state index contributed by atoms with van der Waals surface area (Å²) in [5, 5.41) is 0. The van der Waals surface area contributed by atoms with Crippen LogP contribution in [-0.2, 0) is 14.8 Å². The molecular formula is C18H25N5O4S. The van der Waals surface area contributed by atoms with Gasteiger partial charge in [0.15, 0.2) is 0 Å². The van der Waals surface area contributed by atoms with Gasteiger partial charge in [-0.15, -0.1) is 0 Å². The van der Waals surface area contributed by atoms with Crippen LogP contribution in [0.4, 0.5) is 10.6 Å². The van der Waals surface area contributed by atoms with Crippen LogP contribution >= 0.6 is 0 Å². The first-order chi connectivity index (χ1) is 13.5. The van der Waals surface area contributed by atoms with Crippen LogP contribution in [0.3, 0.4) is 0 Å². The van der Waals surface area contributed by atoms with Crippen molar-refractivity contribution >= 4 is 27.8 Å². The summed E-state index contributed by atoms with van der Waals surface area (Å²) in [6.07, 6.45) is 4.20. The highest BCUT2D eigenvalue weighted by Crippen LogP contribution is 2.26. The number of sulfonamides is 1. The molecule has 4 heterocycles. The fourth-order valence-corrected chi connectivity index (χ4v) is 5.52. The quantitative estimate of drug-likeness (QED) is 0.654. The number of hydrogen-bond donors (Lipinski definition) is 0. The summed E-state index contributed by atoms with van der Waals surface area (Å²) in [5.41, 5.74) is 0. The molecule has 0 radical (unpaired) electrons. The van der Waals surface area contributed by atoms with Gasteiger partial charge in [-0.05, 0) is 31.4 Å². The van der Waals surface area contributed by atoms with Crippen molar-refractivity contribution in [2.75, 3.05) is 49.9 Å². The molecule has 0 aliphatic carbocycles. The van der Waals surface area contributed by atoms with E-state index in [2.05, 4.69) is 9.88 Å². The van der Waals surface area contributed by atoms with E-state index in [0.29, 0.717) is 39.1 Å². The van der Waals surface area contributed by atoms with Crippen molar-refractivity contribution in [3.05, 3.63) is 24.4 Å². The maximum absolute atomic E-state index is 12.7. The number of piperidine rings is 1. The Morgan fingerprint density at radius 1 is 1.04 bits per heavy atom. The zero-order valence-electron chi connectivity index (χ0n) is 15.7. The molecule has 9 nitrogen and oxygen atoms in total. The Kier molecular flexibility index (Phi) is 5.24. The van der Waals surface area contributed by atoms with E-state index in [-0.39, 0.29) is 24.2 Å². The topological polar surface area (TPSA) is 94.1 Å². The van der Waals surface area contributed by atoms with E-state index in [0.717, 1.165) is 23.6 Å². The van der Waals surface area contributed by atoms with Gasteiger partial charge in [0, 0.05) is 45.5 Å². The maximum atomic E-state index is 12.7. The summed E-state index contributed by atoms with van der Waals surface area (Å²) in [6, 6.07) is 4.92. The molecule has 0 unspecified atom stereocenters. The average molecular weight is 407 g/mol. The second-order valence-corrected chi connectivity index (χ2v) is 9.46. The molecule has 152 valence electrons. The van der Waals surface area contributed by atoms with Gasteiger partial charge in [0.25, 0.3) is 5.91 Å². The van der Waals surface area contributed by atoms with E-state index in [9.17, 15) is 18.0 Å². The van der Waals surface area contributed by atoms with Crippen LogP contribution in [0.15, 0.2) is 24.4 Å². The minimum absolute atomic E-state index is 0.0759. The number of nitrogens with zero attached hydrogens (tertiary/aromatic N) is 5. The summed E-state index contributed by atoms with van der Waals surface area (Å²) in [4.78, 5) is 34.0. The third kappa shape index (κ3) is 3.58. The molecular weight excluding hydrogens is 382 g/mol. The van der Waals surface area contributed by atoms with Gasteiger partial charge in [-0.25, -0.2) is 18.2 Å². The zero-order chi connectivity index (χ0) is 19.7. The minimum atomic E-state index is -3.53. The zero-order valence-corrected chi connectivity index (χ0v) is 16.6. The van der Waals surface area contributed by atoms with Gasteiger partial charge >= 0.3 is 6.03 Å². The number of carbonyl (C=O) groups excluding carboxylic acids is 2. The van der Waals surface area contributed by atoms with Gasteiger partial charge in [0.05, 0.1) is 5.75 Å². The van der Waals surface area contributed by atoms with E-state index in [1.54, 1.807) is 11.1 Å². The number of anilines is 1. The van der Waals surface area contributed by atoms with Crippen molar-refractivity contribution in [2.24, 2.45) is 0 Å². The Hall–Kier alpha value is -2.20. The van der Waals surface area contributed by atoms with Crippen molar-refractivity contribution in [3.8, 4) is 0 Å². The van der Waals surface area contributed by atoms with E-state index < -0.39 is 16.1 Å². The molecule has 10 heteroatoms. The van der Waals surface area contributed by atoms with Crippen LogP contribution in [-0.4, -0.2) is 90.5 Å². The summed E-state index contributed by atoms with van der Waals surface area (Å²) >= 11 is 0. The van der Waals surface area contributed by atoms with E-state index in [1.807, 2.05) is 18.2 Å². The normalized spacial score (nSPS) is 24.0. The first-order valence-corrected chi connectivity index (χ1v) is 11.3. The van der Waals surface area contributed by atoms with Crippen LogP contribution in [0.1, 0.15) is 19.3 Å². The van der Waals surface area contributed by atoms with E-state index in [4.69, 9.17) is 0 Å². The molecule has 0 spiro atoms. The lowest BCUT2D eigenvalue weighted by Crippen LogP contribution is -2.50. The van der Waals surface area contributed by atoms with Gasteiger partial charge in [-0.2, -0.15) is 4.31 Å². The van der Waals surface area contributed by atoms with Crippen LogP contribution in [0, 0.1) is 0 Å². The molecule has 0 N–H and O–H groups in total. The second kappa shape index (κ2) is 7.67. The monoisotopic (exact) mass is 407 g/mol. The first-order valence-electron chi connectivity index (χ1n) is 9.73. The molecule has 3 amide bonds. The largest absolute Gasteiger partial charge is 0.354 e. The summed E-state index contributed by atoms with van der Waals surface area (Å²) in [7, 11) is -3.53. The lowest BCUT2D eigenvalue weighted by atomic mass is 10.0. The van der Waals surface area contributed by atoms with Crippen LogP contribution in [0.2, 0.25) is 0 Å². The fraction of sp³-hybridized carbons (Fsp3) is 0.611. The van der Waals surface area contributed by atoms with Crippen molar-refractivity contribution in [3.63, 3.8) is 0 Å². The molecule has 1 aromatic heterocycles. The third-order valence-electron chi connectivity index (χ3n) is 5.71. The predicted molar refractivity (Wildman–Crippen MR) is 103 cm³/mol. The number of aromatic nitrogens is 1. The Morgan fingerprint density at radius 2 is 1.82 bits per heavy atom. The van der Waals surface area contributed by atoms with Crippen molar-refractivity contribution in [2.45, 2.75) is 25.3 Å². The predicted octanol–water partition coefficient (Wildman–Crippen LogP) is 0.350. The molecule has 0 saturated carbocycles. The third-order valence-corrected chi connectivity index (χ3v) is 7.56. The van der Waals surface area contributed by atoms with E-state index >= 15 is 0 Å². The fourth-order valence-electron chi connectivity index (χ4n) is 4.12.